The number of benzene rings is 2. The smallest absolute Gasteiger partial charge is 0.253 e. The number of amides is 2. The van der Waals surface area contributed by atoms with Crippen LogP contribution in [0.5, 0.6) is 5.75 Å². The van der Waals surface area contributed by atoms with E-state index in [1.807, 2.05) is 30.5 Å². The molecule has 32 heavy (non-hydrogen) atoms. The molecular formula is C24H26N4O3S. The van der Waals surface area contributed by atoms with Crippen LogP contribution >= 0.6 is 11.8 Å². The molecule has 3 aromatic rings. The maximum atomic E-state index is 12.7. The zero-order chi connectivity index (χ0) is 22.3. The van der Waals surface area contributed by atoms with Crippen LogP contribution in [0.25, 0.3) is 0 Å². The van der Waals surface area contributed by atoms with Crippen LogP contribution in [0.15, 0.2) is 66.1 Å². The molecule has 2 amide bonds. The van der Waals surface area contributed by atoms with Crippen LogP contribution < -0.4 is 15.4 Å². The Balaban J connectivity index is 1.29. The van der Waals surface area contributed by atoms with E-state index in [9.17, 15) is 9.59 Å². The Morgan fingerprint density at radius 1 is 1.16 bits per heavy atom. The van der Waals surface area contributed by atoms with Crippen molar-refractivity contribution >= 4 is 29.3 Å². The molecule has 0 spiro atoms. The van der Waals surface area contributed by atoms with Gasteiger partial charge in [0, 0.05) is 25.0 Å². The summed E-state index contributed by atoms with van der Waals surface area (Å²) in [5.74, 6) is 0.652. The summed E-state index contributed by atoms with van der Waals surface area (Å²) in [6.07, 6.45) is 6.76. The molecule has 1 aliphatic carbocycles. The largest absolute Gasteiger partial charge is 0.497 e. The van der Waals surface area contributed by atoms with E-state index in [0.717, 1.165) is 29.3 Å². The molecule has 0 atom stereocenters. The summed E-state index contributed by atoms with van der Waals surface area (Å²) in [6.45, 7) is 0.493. The van der Waals surface area contributed by atoms with Crippen molar-refractivity contribution in [3.05, 3.63) is 72.1 Å². The number of para-hydroxylation sites is 1. The molecule has 0 aliphatic heterocycles. The summed E-state index contributed by atoms with van der Waals surface area (Å²) in [6, 6.07) is 15.3. The summed E-state index contributed by atoms with van der Waals surface area (Å²) < 4.78 is 7.29. The SMILES string of the molecule is COc1ccc(CCNC(=O)c2ccccc2NC(=O)CSc2nccn2C2CC2)cc1. The Morgan fingerprint density at radius 2 is 1.94 bits per heavy atom. The zero-order valence-electron chi connectivity index (χ0n) is 17.9. The van der Waals surface area contributed by atoms with E-state index in [2.05, 4.69) is 20.2 Å². The minimum atomic E-state index is -0.216. The highest BCUT2D eigenvalue weighted by Crippen LogP contribution is 2.37. The minimum Gasteiger partial charge on any atom is -0.497 e. The number of imidazole rings is 1. The van der Waals surface area contributed by atoms with Gasteiger partial charge < -0.3 is 19.9 Å². The minimum absolute atomic E-state index is 0.168. The number of ether oxygens (including phenoxy) is 1. The van der Waals surface area contributed by atoms with E-state index < -0.39 is 0 Å². The fraction of sp³-hybridized carbons (Fsp3) is 0.292. The number of nitrogens with one attached hydrogen (secondary N) is 2. The third-order valence-electron chi connectivity index (χ3n) is 5.21. The van der Waals surface area contributed by atoms with Crippen molar-refractivity contribution in [1.29, 1.82) is 0 Å². The summed E-state index contributed by atoms with van der Waals surface area (Å²) in [5.41, 5.74) is 2.06. The van der Waals surface area contributed by atoms with Crippen molar-refractivity contribution < 1.29 is 14.3 Å². The standard InChI is InChI=1S/C24H26N4O3S/c1-31-19-10-6-17(7-11-19)12-13-25-23(30)20-4-2-3-5-21(20)27-22(29)16-32-24-26-14-15-28(24)18-8-9-18/h2-7,10-11,14-15,18H,8-9,12-13,16H2,1H3,(H,25,30)(H,27,29). The van der Waals surface area contributed by atoms with Crippen molar-refractivity contribution in [3.63, 3.8) is 0 Å². The number of methoxy groups -OCH3 is 1. The number of hydrogen-bond acceptors (Lipinski definition) is 5. The van der Waals surface area contributed by atoms with Gasteiger partial charge in [-0.3, -0.25) is 9.59 Å². The monoisotopic (exact) mass is 450 g/mol. The molecule has 0 radical (unpaired) electrons. The predicted molar refractivity (Wildman–Crippen MR) is 125 cm³/mol. The van der Waals surface area contributed by atoms with Gasteiger partial charge in [0.2, 0.25) is 5.91 Å². The second-order valence-electron chi connectivity index (χ2n) is 7.58. The first-order valence-electron chi connectivity index (χ1n) is 10.6. The van der Waals surface area contributed by atoms with Crippen LogP contribution in [0, 0.1) is 0 Å². The summed E-state index contributed by atoms with van der Waals surface area (Å²) in [4.78, 5) is 29.6. The second kappa shape index (κ2) is 10.4. The van der Waals surface area contributed by atoms with E-state index in [4.69, 9.17) is 4.74 Å². The number of thioether (sulfide) groups is 1. The maximum Gasteiger partial charge on any atom is 0.253 e. The van der Waals surface area contributed by atoms with E-state index in [1.165, 1.54) is 11.8 Å². The lowest BCUT2D eigenvalue weighted by Crippen LogP contribution is -2.27. The van der Waals surface area contributed by atoms with Crippen molar-refractivity contribution in [1.82, 2.24) is 14.9 Å². The topological polar surface area (TPSA) is 85.2 Å². The number of rotatable bonds is 10. The van der Waals surface area contributed by atoms with E-state index >= 15 is 0 Å². The second-order valence-corrected chi connectivity index (χ2v) is 8.53. The summed E-state index contributed by atoms with van der Waals surface area (Å²) in [5, 5.41) is 6.65. The Kier molecular flexibility index (Phi) is 7.11. The first-order valence-corrected chi connectivity index (χ1v) is 11.6. The Hall–Kier alpha value is -3.26. The molecule has 166 valence electrons. The highest BCUT2D eigenvalue weighted by molar-refractivity contribution is 7.99. The first-order chi connectivity index (χ1) is 15.6. The van der Waals surface area contributed by atoms with Gasteiger partial charge >= 0.3 is 0 Å². The van der Waals surface area contributed by atoms with E-state index in [0.29, 0.717) is 30.3 Å². The highest BCUT2D eigenvalue weighted by atomic mass is 32.2. The molecule has 2 aromatic carbocycles. The van der Waals surface area contributed by atoms with Crippen LogP contribution in [0.1, 0.15) is 34.8 Å². The lowest BCUT2D eigenvalue weighted by Gasteiger charge is -2.12. The van der Waals surface area contributed by atoms with Gasteiger partial charge in [-0.2, -0.15) is 0 Å². The first kappa shape index (κ1) is 22.0. The number of anilines is 1. The van der Waals surface area contributed by atoms with Crippen LogP contribution in [0.4, 0.5) is 5.69 Å². The van der Waals surface area contributed by atoms with Crippen molar-refractivity contribution in [2.24, 2.45) is 0 Å². The number of nitrogens with zero attached hydrogens (tertiary/aromatic N) is 2. The molecule has 8 heteroatoms. The quantitative estimate of drug-likeness (QED) is 0.457. The molecule has 7 nitrogen and oxygen atoms in total. The average molecular weight is 451 g/mol. The zero-order valence-corrected chi connectivity index (χ0v) is 18.7. The molecular weight excluding hydrogens is 424 g/mol. The Morgan fingerprint density at radius 3 is 2.69 bits per heavy atom. The van der Waals surface area contributed by atoms with Gasteiger partial charge in [0.25, 0.3) is 5.91 Å². The van der Waals surface area contributed by atoms with Crippen LogP contribution in [0.2, 0.25) is 0 Å². The molecule has 1 fully saturated rings. The van der Waals surface area contributed by atoms with Gasteiger partial charge in [-0.15, -0.1) is 0 Å². The predicted octanol–water partition coefficient (Wildman–Crippen LogP) is 3.93. The molecule has 1 heterocycles. The average Bonchev–Trinajstić information content (AvgIpc) is 3.55. The number of aromatic nitrogens is 2. The highest BCUT2D eigenvalue weighted by Gasteiger charge is 2.25. The Bertz CT molecular complexity index is 1080. The number of carbonyl (C=O) groups is 2. The van der Waals surface area contributed by atoms with Crippen molar-refractivity contribution in [2.45, 2.75) is 30.5 Å². The molecule has 1 aromatic heterocycles. The normalized spacial score (nSPS) is 12.9. The lowest BCUT2D eigenvalue weighted by molar-refractivity contribution is -0.113. The van der Waals surface area contributed by atoms with Crippen LogP contribution in [-0.2, 0) is 11.2 Å². The Labute approximate surface area is 191 Å². The molecule has 1 saturated carbocycles. The van der Waals surface area contributed by atoms with Crippen molar-refractivity contribution in [2.75, 3.05) is 24.7 Å². The van der Waals surface area contributed by atoms with Crippen LogP contribution in [-0.4, -0.2) is 40.8 Å². The lowest BCUT2D eigenvalue weighted by atomic mass is 10.1. The van der Waals surface area contributed by atoms with Gasteiger partial charge in [-0.25, -0.2) is 4.98 Å². The molecule has 0 unspecified atom stereocenters. The fourth-order valence-electron chi connectivity index (χ4n) is 3.36. The van der Waals surface area contributed by atoms with Gasteiger partial charge in [0.15, 0.2) is 5.16 Å². The third-order valence-corrected chi connectivity index (χ3v) is 6.19. The third kappa shape index (κ3) is 5.70. The summed E-state index contributed by atoms with van der Waals surface area (Å²) in [7, 11) is 1.63. The number of carbonyl (C=O) groups excluding carboxylic acids is 2. The fourth-order valence-corrected chi connectivity index (χ4v) is 4.18. The van der Waals surface area contributed by atoms with Gasteiger partial charge in [0.1, 0.15) is 5.75 Å². The molecule has 0 saturated heterocycles. The molecule has 1 aliphatic rings. The van der Waals surface area contributed by atoms with Gasteiger partial charge in [-0.05, 0) is 49.1 Å². The van der Waals surface area contributed by atoms with E-state index in [-0.39, 0.29) is 17.6 Å². The maximum absolute atomic E-state index is 12.7. The van der Waals surface area contributed by atoms with Crippen molar-refractivity contribution in [3.8, 4) is 5.75 Å². The van der Waals surface area contributed by atoms with Gasteiger partial charge in [0.05, 0.1) is 24.1 Å². The summed E-state index contributed by atoms with van der Waals surface area (Å²) >= 11 is 1.41. The number of hydrogen-bond donors (Lipinski definition) is 2. The van der Waals surface area contributed by atoms with Gasteiger partial charge in [-0.1, -0.05) is 36.0 Å². The van der Waals surface area contributed by atoms with E-state index in [1.54, 1.807) is 37.6 Å². The molecule has 2 N–H and O–H groups in total. The van der Waals surface area contributed by atoms with Crippen LogP contribution in [0.3, 0.4) is 0 Å². The molecule has 0 bridgehead atoms. The molecule has 4 rings (SSSR count).